The SMILES string of the molecule is CC(OC(=O)CSc1ccccc1)C(=O)Nc1ccccc1[N+](=O)[O-]. The molecule has 2 aromatic rings. The number of nitrogens with zero attached hydrogens (tertiary/aromatic N) is 1. The molecule has 1 unspecified atom stereocenters. The van der Waals surface area contributed by atoms with E-state index in [1.54, 1.807) is 6.07 Å². The smallest absolute Gasteiger partial charge is 0.317 e. The van der Waals surface area contributed by atoms with Crippen LogP contribution in [0.25, 0.3) is 0 Å². The summed E-state index contributed by atoms with van der Waals surface area (Å²) in [6, 6.07) is 15.1. The van der Waals surface area contributed by atoms with Crippen LogP contribution in [0, 0.1) is 10.1 Å². The van der Waals surface area contributed by atoms with Gasteiger partial charge in [0.2, 0.25) is 0 Å². The van der Waals surface area contributed by atoms with Crippen LogP contribution >= 0.6 is 11.8 Å². The number of para-hydroxylation sites is 2. The van der Waals surface area contributed by atoms with Gasteiger partial charge >= 0.3 is 5.97 Å². The van der Waals surface area contributed by atoms with Gasteiger partial charge in [0, 0.05) is 11.0 Å². The Hall–Kier alpha value is -2.87. The van der Waals surface area contributed by atoms with Crippen LogP contribution in [0.3, 0.4) is 0 Å². The molecule has 1 atom stereocenters. The molecular formula is C17H16N2O5S. The number of amides is 1. The Kier molecular flexibility index (Phi) is 6.53. The van der Waals surface area contributed by atoms with E-state index in [1.807, 2.05) is 30.3 Å². The fourth-order valence-corrected chi connectivity index (χ4v) is 2.62. The number of benzene rings is 2. The van der Waals surface area contributed by atoms with Crippen LogP contribution in [0.15, 0.2) is 59.5 Å². The summed E-state index contributed by atoms with van der Waals surface area (Å²) in [5.41, 5.74) is -0.173. The van der Waals surface area contributed by atoms with Crippen molar-refractivity contribution < 1.29 is 19.2 Å². The molecule has 2 aromatic carbocycles. The van der Waals surface area contributed by atoms with Crippen LogP contribution in [0.2, 0.25) is 0 Å². The number of thioether (sulfide) groups is 1. The monoisotopic (exact) mass is 360 g/mol. The van der Waals surface area contributed by atoms with Crippen LogP contribution in [-0.4, -0.2) is 28.7 Å². The van der Waals surface area contributed by atoms with Crippen molar-refractivity contribution >= 4 is 35.0 Å². The number of rotatable bonds is 7. The molecule has 2 rings (SSSR count). The first-order valence-electron chi connectivity index (χ1n) is 7.39. The van der Waals surface area contributed by atoms with E-state index in [0.717, 1.165) is 4.90 Å². The standard InChI is InChI=1S/C17H16N2O5S/c1-12(24-16(20)11-25-13-7-3-2-4-8-13)17(21)18-14-9-5-6-10-15(14)19(22)23/h2-10,12H,11H2,1H3,(H,18,21). The van der Waals surface area contributed by atoms with Gasteiger partial charge in [-0.1, -0.05) is 30.3 Å². The molecule has 0 aliphatic carbocycles. The van der Waals surface area contributed by atoms with E-state index in [-0.39, 0.29) is 17.1 Å². The summed E-state index contributed by atoms with van der Waals surface area (Å²) in [6.45, 7) is 1.41. The molecule has 0 heterocycles. The minimum absolute atomic E-state index is 0.0547. The van der Waals surface area contributed by atoms with Gasteiger partial charge in [-0.25, -0.2) is 0 Å². The van der Waals surface area contributed by atoms with Gasteiger partial charge in [0.15, 0.2) is 6.10 Å². The molecule has 0 radical (unpaired) electrons. The number of ether oxygens (including phenoxy) is 1. The van der Waals surface area contributed by atoms with Crippen LogP contribution in [0.1, 0.15) is 6.92 Å². The maximum Gasteiger partial charge on any atom is 0.317 e. The summed E-state index contributed by atoms with van der Waals surface area (Å²) in [7, 11) is 0. The zero-order valence-corrected chi connectivity index (χ0v) is 14.2. The van der Waals surface area contributed by atoms with Crippen LogP contribution in [0.5, 0.6) is 0 Å². The number of nitro benzene ring substituents is 1. The summed E-state index contributed by atoms with van der Waals surface area (Å²) in [6.07, 6.45) is -1.07. The highest BCUT2D eigenvalue weighted by molar-refractivity contribution is 8.00. The van der Waals surface area contributed by atoms with Crippen molar-refractivity contribution in [3.05, 3.63) is 64.7 Å². The molecule has 1 amide bonds. The van der Waals surface area contributed by atoms with Crippen LogP contribution < -0.4 is 5.32 Å². The minimum atomic E-state index is -1.07. The lowest BCUT2D eigenvalue weighted by atomic mass is 10.2. The molecule has 0 bridgehead atoms. The summed E-state index contributed by atoms with van der Waals surface area (Å²) in [4.78, 5) is 35.2. The predicted molar refractivity (Wildman–Crippen MR) is 94.4 cm³/mol. The number of nitrogens with one attached hydrogen (secondary N) is 1. The number of carbonyl (C=O) groups excluding carboxylic acids is 2. The summed E-state index contributed by atoms with van der Waals surface area (Å²) >= 11 is 1.30. The third-order valence-corrected chi connectivity index (χ3v) is 4.12. The van der Waals surface area contributed by atoms with Crippen molar-refractivity contribution in [2.45, 2.75) is 17.9 Å². The molecule has 0 aliphatic heterocycles. The lowest BCUT2D eigenvalue weighted by Gasteiger charge is -2.13. The maximum atomic E-state index is 12.1. The lowest BCUT2D eigenvalue weighted by Crippen LogP contribution is -2.30. The second-order valence-corrected chi connectivity index (χ2v) is 6.05. The third-order valence-electron chi connectivity index (χ3n) is 3.14. The van der Waals surface area contributed by atoms with Crippen molar-refractivity contribution in [1.82, 2.24) is 0 Å². The summed E-state index contributed by atoms with van der Waals surface area (Å²) in [5.74, 6) is -1.11. The Morgan fingerprint density at radius 3 is 2.48 bits per heavy atom. The molecule has 25 heavy (non-hydrogen) atoms. The molecule has 0 aliphatic rings. The molecule has 1 N–H and O–H groups in total. The average Bonchev–Trinajstić information content (AvgIpc) is 2.61. The zero-order chi connectivity index (χ0) is 18.2. The molecule has 8 heteroatoms. The van der Waals surface area contributed by atoms with E-state index in [1.165, 1.54) is 36.9 Å². The van der Waals surface area contributed by atoms with E-state index in [2.05, 4.69) is 5.32 Å². The zero-order valence-electron chi connectivity index (χ0n) is 13.4. The number of carbonyl (C=O) groups is 2. The second kappa shape index (κ2) is 8.84. The van der Waals surface area contributed by atoms with Gasteiger partial charge in [-0.05, 0) is 25.1 Å². The van der Waals surface area contributed by atoms with Gasteiger partial charge in [0.05, 0.1) is 10.7 Å². The highest BCUT2D eigenvalue weighted by atomic mass is 32.2. The predicted octanol–water partition coefficient (Wildman–Crippen LogP) is 3.26. The number of anilines is 1. The summed E-state index contributed by atoms with van der Waals surface area (Å²) in [5, 5.41) is 13.3. The fourth-order valence-electron chi connectivity index (χ4n) is 1.92. The first kappa shape index (κ1) is 18.5. The van der Waals surface area contributed by atoms with E-state index < -0.39 is 22.9 Å². The van der Waals surface area contributed by atoms with Gasteiger partial charge in [0.25, 0.3) is 11.6 Å². The van der Waals surface area contributed by atoms with Crippen molar-refractivity contribution in [2.24, 2.45) is 0 Å². The maximum absolute atomic E-state index is 12.1. The van der Waals surface area contributed by atoms with Gasteiger partial charge in [-0.15, -0.1) is 11.8 Å². The highest BCUT2D eigenvalue weighted by Gasteiger charge is 2.21. The highest BCUT2D eigenvalue weighted by Crippen LogP contribution is 2.23. The number of hydrogen-bond acceptors (Lipinski definition) is 6. The summed E-state index contributed by atoms with van der Waals surface area (Å²) < 4.78 is 5.06. The molecule has 0 aromatic heterocycles. The largest absolute Gasteiger partial charge is 0.452 e. The van der Waals surface area contributed by atoms with Crippen molar-refractivity contribution in [3.8, 4) is 0 Å². The molecule has 0 spiro atoms. The average molecular weight is 360 g/mol. The topological polar surface area (TPSA) is 98.5 Å². The van der Waals surface area contributed by atoms with E-state index in [4.69, 9.17) is 4.74 Å². The van der Waals surface area contributed by atoms with E-state index in [0.29, 0.717) is 0 Å². The van der Waals surface area contributed by atoms with Crippen LogP contribution in [0.4, 0.5) is 11.4 Å². The van der Waals surface area contributed by atoms with Gasteiger partial charge in [-0.3, -0.25) is 19.7 Å². The number of hydrogen-bond donors (Lipinski definition) is 1. The molecule has 0 saturated carbocycles. The first-order chi connectivity index (χ1) is 12.0. The van der Waals surface area contributed by atoms with Gasteiger partial charge in [0.1, 0.15) is 5.69 Å². The van der Waals surface area contributed by atoms with Gasteiger partial charge < -0.3 is 10.1 Å². The normalized spacial score (nSPS) is 11.4. The molecule has 7 nitrogen and oxygen atoms in total. The van der Waals surface area contributed by atoms with Gasteiger partial charge in [-0.2, -0.15) is 0 Å². The number of nitro groups is 1. The Morgan fingerprint density at radius 1 is 1.16 bits per heavy atom. The van der Waals surface area contributed by atoms with E-state index >= 15 is 0 Å². The van der Waals surface area contributed by atoms with Crippen molar-refractivity contribution in [3.63, 3.8) is 0 Å². The van der Waals surface area contributed by atoms with Crippen molar-refractivity contribution in [2.75, 3.05) is 11.1 Å². The number of esters is 1. The Morgan fingerprint density at radius 2 is 1.80 bits per heavy atom. The molecule has 130 valence electrons. The molecular weight excluding hydrogens is 344 g/mol. The second-order valence-electron chi connectivity index (χ2n) is 5.00. The quantitative estimate of drug-likeness (QED) is 0.352. The Balaban J connectivity index is 1.88. The van der Waals surface area contributed by atoms with E-state index in [9.17, 15) is 19.7 Å². The lowest BCUT2D eigenvalue weighted by molar-refractivity contribution is -0.383. The van der Waals surface area contributed by atoms with Crippen molar-refractivity contribution in [1.29, 1.82) is 0 Å². The minimum Gasteiger partial charge on any atom is -0.452 e. The Bertz CT molecular complexity index is 767. The van der Waals surface area contributed by atoms with Crippen LogP contribution in [-0.2, 0) is 14.3 Å². The third kappa shape index (κ3) is 5.61. The molecule has 0 fully saturated rings. The fraction of sp³-hybridized carbons (Fsp3) is 0.176. The Labute approximate surface area is 148 Å². The first-order valence-corrected chi connectivity index (χ1v) is 8.37. The molecule has 0 saturated heterocycles.